The van der Waals surface area contributed by atoms with Crippen molar-refractivity contribution in [3.63, 3.8) is 0 Å². The summed E-state index contributed by atoms with van der Waals surface area (Å²) in [5, 5.41) is 3.62. The summed E-state index contributed by atoms with van der Waals surface area (Å²) in [4.78, 5) is 13.0. The van der Waals surface area contributed by atoms with Crippen molar-refractivity contribution >= 4 is 5.78 Å². The van der Waals surface area contributed by atoms with Gasteiger partial charge in [-0.25, -0.2) is 0 Å². The molecule has 1 N–H and O–H groups in total. The molecule has 0 amide bonds. The van der Waals surface area contributed by atoms with Crippen LogP contribution in [0.25, 0.3) is 0 Å². The van der Waals surface area contributed by atoms with Gasteiger partial charge >= 0.3 is 0 Å². The Labute approximate surface area is 138 Å². The number of ketones is 1. The molecule has 0 saturated heterocycles. The van der Waals surface area contributed by atoms with E-state index in [4.69, 9.17) is 0 Å². The molecule has 0 unspecified atom stereocenters. The number of benzene rings is 2. The van der Waals surface area contributed by atoms with Gasteiger partial charge < -0.3 is 5.32 Å². The summed E-state index contributed by atoms with van der Waals surface area (Å²) < 4.78 is 0. The van der Waals surface area contributed by atoms with Gasteiger partial charge in [0.15, 0.2) is 5.78 Å². The SMILES string of the molecule is C[C@H](N[C@@H](C(=O)c1ccccc1)C1CCCC1)c1ccccc1. The Morgan fingerprint density at radius 3 is 2.13 bits per heavy atom. The highest BCUT2D eigenvalue weighted by Crippen LogP contribution is 2.30. The molecule has 0 heterocycles. The fraction of sp³-hybridized carbons (Fsp3) is 0.381. The minimum atomic E-state index is -0.0879. The van der Waals surface area contributed by atoms with Gasteiger partial charge in [0.1, 0.15) is 0 Å². The van der Waals surface area contributed by atoms with Crippen LogP contribution in [0.5, 0.6) is 0 Å². The molecule has 0 bridgehead atoms. The maximum absolute atomic E-state index is 13.0. The maximum Gasteiger partial charge on any atom is 0.180 e. The van der Waals surface area contributed by atoms with Gasteiger partial charge in [0.25, 0.3) is 0 Å². The molecule has 1 aliphatic rings. The van der Waals surface area contributed by atoms with Crippen LogP contribution in [0, 0.1) is 5.92 Å². The molecule has 0 radical (unpaired) electrons. The molecule has 2 aromatic carbocycles. The highest BCUT2D eigenvalue weighted by atomic mass is 16.1. The molecule has 2 atom stereocenters. The lowest BCUT2D eigenvalue weighted by molar-refractivity contribution is 0.0898. The predicted octanol–water partition coefficient (Wildman–Crippen LogP) is 4.78. The first-order valence-corrected chi connectivity index (χ1v) is 8.66. The Morgan fingerprint density at radius 2 is 1.52 bits per heavy atom. The smallest absolute Gasteiger partial charge is 0.180 e. The lowest BCUT2D eigenvalue weighted by atomic mass is 9.90. The largest absolute Gasteiger partial charge is 0.300 e. The van der Waals surface area contributed by atoms with E-state index in [2.05, 4.69) is 36.5 Å². The van der Waals surface area contributed by atoms with Crippen molar-refractivity contribution < 1.29 is 4.79 Å². The van der Waals surface area contributed by atoms with Crippen molar-refractivity contribution in [1.82, 2.24) is 5.32 Å². The molecule has 2 heteroatoms. The molecule has 0 spiro atoms. The third-order valence-electron chi connectivity index (χ3n) is 4.94. The van der Waals surface area contributed by atoms with Gasteiger partial charge in [-0.15, -0.1) is 0 Å². The number of rotatable bonds is 6. The lowest BCUT2D eigenvalue weighted by Gasteiger charge is -2.27. The number of carbonyl (C=O) groups excluding carboxylic acids is 1. The molecule has 0 aliphatic heterocycles. The van der Waals surface area contributed by atoms with Gasteiger partial charge in [0, 0.05) is 11.6 Å². The van der Waals surface area contributed by atoms with Crippen molar-refractivity contribution in [2.45, 2.75) is 44.7 Å². The number of hydrogen-bond donors (Lipinski definition) is 1. The second kappa shape index (κ2) is 7.56. The van der Waals surface area contributed by atoms with E-state index in [-0.39, 0.29) is 17.9 Å². The van der Waals surface area contributed by atoms with E-state index in [1.165, 1.54) is 18.4 Å². The van der Waals surface area contributed by atoms with E-state index in [9.17, 15) is 4.79 Å². The van der Waals surface area contributed by atoms with Crippen molar-refractivity contribution in [3.05, 3.63) is 71.8 Å². The Balaban J connectivity index is 1.80. The highest BCUT2D eigenvalue weighted by Gasteiger charge is 2.32. The summed E-state index contributed by atoms with van der Waals surface area (Å²) in [6, 6.07) is 20.2. The van der Waals surface area contributed by atoms with E-state index in [0.717, 1.165) is 18.4 Å². The molecule has 2 aromatic rings. The van der Waals surface area contributed by atoms with Crippen LogP contribution in [0.3, 0.4) is 0 Å². The molecule has 0 aromatic heterocycles. The van der Waals surface area contributed by atoms with Gasteiger partial charge in [-0.1, -0.05) is 73.5 Å². The Hall–Kier alpha value is -1.93. The number of carbonyl (C=O) groups is 1. The zero-order chi connectivity index (χ0) is 16.1. The number of nitrogens with one attached hydrogen (secondary N) is 1. The maximum atomic E-state index is 13.0. The molecule has 2 nitrogen and oxygen atoms in total. The molecular formula is C21H25NO. The molecule has 1 aliphatic carbocycles. The quantitative estimate of drug-likeness (QED) is 0.778. The average molecular weight is 307 g/mol. The molecule has 3 rings (SSSR count). The van der Waals surface area contributed by atoms with Crippen LogP contribution < -0.4 is 5.32 Å². The third kappa shape index (κ3) is 3.89. The lowest BCUT2D eigenvalue weighted by Crippen LogP contribution is -2.43. The van der Waals surface area contributed by atoms with Crippen LogP contribution in [0.15, 0.2) is 60.7 Å². The van der Waals surface area contributed by atoms with Crippen LogP contribution in [-0.4, -0.2) is 11.8 Å². The number of Topliss-reactive ketones (excluding diaryl/α,β-unsaturated/α-hetero) is 1. The fourth-order valence-corrected chi connectivity index (χ4v) is 3.61. The predicted molar refractivity (Wildman–Crippen MR) is 94.5 cm³/mol. The van der Waals surface area contributed by atoms with Gasteiger partial charge in [-0.2, -0.15) is 0 Å². The normalized spacial score (nSPS) is 17.8. The molecule has 1 saturated carbocycles. The van der Waals surface area contributed by atoms with Crippen molar-refractivity contribution in [1.29, 1.82) is 0 Å². The van der Waals surface area contributed by atoms with Crippen molar-refractivity contribution in [2.75, 3.05) is 0 Å². The van der Waals surface area contributed by atoms with Gasteiger partial charge in [0.05, 0.1) is 6.04 Å². The summed E-state index contributed by atoms with van der Waals surface area (Å²) in [6.45, 7) is 2.15. The summed E-state index contributed by atoms with van der Waals surface area (Å²) in [5.41, 5.74) is 2.05. The second-order valence-electron chi connectivity index (χ2n) is 6.55. The first-order chi connectivity index (χ1) is 11.3. The summed E-state index contributed by atoms with van der Waals surface area (Å²) >= 11 is 0. The molecule has 23 heavy (non-hydrogen) atoms. The zero-order valence-electron chi connectivity index (χ0n) is 13.7. The standard InChI is InChI=1S/C21H25NO/c1-16(17-10-4-2-5-11-17)22-20(18-12-8-9-13-18)21(23)19-14-6-3-7-15-19/h2-7,10-11,14-16,18,20,22H,8-9,12-13H2,1H3/t16-,20+/m0/s1. The topological polar surface area (TPSA) is 29.1 Å². The first kappa shape index (κ1) is 15.9. The molecular weight excluding hydrogens is 282 g/mol. The van der Waals surface area contributed by atoms with Crippen molar-refractivity contribution in [2.24, 2.45) is 5.92 Å². The average Bonchev–Trinajstić information content (AvgIpc) is 3.15. The zero-order valence-corrected chi connectivity index (χ0v) is 13.7. The van der Waals surface area contributed by atoms with Gasteiger partial charge in [0.2, 0.25) is 0 Å². The van der Waals surface area contributed by atoms with E-state index in [1.807, 2.05) is 36.4 Å². The molecule has 1 fully saturated rings. The Morgan fingerprint density at radius 1 is 0.957 bits per heavy atom. The Bertz CT molecular complexity index is 617. The summed E-state index contributed by atoms with van der Waals surface area (Å²) in [7, 11) is 0. The number of hydrogen-bond acceptors (Lipinski definition) is 2. The van der Waals surface area contributed by atoms with Crippen LogP contribution >= 0.6 is 0 Å². The van der Waals surface area contributed by atoms with Gasteiger partial charge in [-0.05, 0) is 31.2 Å². The third-order valence-corrected chi connectivity index (χ3v) is 4.94. The van der Waals surface area contributed by atoms with Crippen LogP contribution in [0.4, 0.5) is 0 Å². The fourth-order valence-electron chi connectivity index (χ4n) is 3.61. The monoisotopic (exact) mass is 307 g/mol. The Kier molecular flexibility index (Phi) is 5.24. The minimum Gasteiger partial charge on any atom is -0.300 e. The van der Waals surface area contributed by atoms with Crippen LogP contribution in [0.1, 0.15) is 54.6 Å². The van der Waals surface area contributed by atoms with E-state index >= 15 is 0 Å². The van der Waals surface area contributed by atoms with E-state index < -0.39 is 0 Å². The molecule has 120 valence electrons. The van der Waals surface area contributed by atoms with Gasteiger partial charge in [-0.3, -0.25) is 4.79 Å². The van der Waals surface area contributed by atoms with Crippen LogP contribution in [-0.2, 0) is 0 Å². The summed E-state index contributed by atoms with van der Waals surface area (Å²) in [5.74, 6) is 0.689. The minimum absolute atomic E-state index is 0.0879. The van der Waals surface area contributed by atoms with Crippen LogP contribution in [0.2, 0.25) is 0 Å². The van der Waals surface area contributed by atoms with Crippen molar-refractivity contribution in [3.8, 4) is 0 Å². The van der Waals surface area contributed by atoms with E-state index in [1.54, 1.807) is 0 Å². The highest BCUT2D eigenvalue weighted by molar-refractivity contribution is 6.00. The van der Waals surface area contributed by atoms with E-state index in [0.29, 0.717) is 5.92 Å². The first-order valence-electron chi connectivity index (χ1n) is 8.66. The second-order valence-corrected chi connectivity index (χ2v) is 6.55. The summed E-state index contributed by atoms with van der Waals surface area (Å²) in [6.07, 6.45) is 4.78.